The molecule has 1 atom stereocenters. The average Bonchev–Trinajstić information content (AvgIpc) is 3.00. The molecule has 3 aromatic rings. The van der Waals surface area contributed by atoms with Crippen LogP contribution in [0.5, 0.6) is 0 Å². The van der Waals surface area contributed by atoms with Crippen molar-refractivity contribution < 1.29 is 4.74 Å². The summed E-state index contributed by atoms with van der Waals surface area (Å²) in [5.41, 5.74) is 6.79. The average molecular weight is 363 g/mol. The normalized spacial score (nSPS) is 14.1. The lowest BCUT2D eigenvalue weighted by molar-refractivity contribution is 0.0561. The molecule has 132 valence electrons. The highest BCUT2D eigenvalue weighted by atomic mass is 35.5. The molecule has 1 aliphatic rings. The van der Waals surface area contributed by atoms with Crippen molar-refractivity contribution in [3.63, 3.8) is 0 Å². The Morgan fingerprint density at radius 1 is 0.846 bits per heavy atom. The van der Waals surface area contributed by atoms with Crippen LogP contribution in [0.25, 0.3) is 11.1 Å². The topological polar surface area (TPSA) is 9.23 Å². The van der Waals surface area contributed by atoms with E-state index in [4.69, 9.17) is 16.3 Å². The van der Waals surface area contributed by atoms with Crippen LogP contribution >= 0.6 is 11.6 Å². The molecule has 4 rings (SSSR count). The van der Waals surface area contributed by atoms with Crippen molar-refractivity contribution in [2.75, 3.05) is 6.61 Å². The first-order chi connectivity index (χ1) is 12.7. The van der Waals surface area contributed by atoms with Crippen LogP contribution < -0.4 is 0 Å². The fraction of sp³-hybridized carbons (Fsp3) is 0.250. The Kier molecular flexibility index (Phi) is 5.10. The maximum atomic E-state index is 6.26. The summed E-state index contributed by atoms with van der Waals surface area (Å²) >= 11 is 5.95. The third-order valence-electron chi connectivity index (χ3n) is 5.26. The van der Waals surface area contributed by atoms with E-state index in [2.05, 4.69) is 67.6 Å². The molecule has 1 aliphatic carbocycles. The maximum Gasteiger partial charge on any atom is 0.0579 e. The Morgan fingerprint density at radius 3 is 2.04 bits per heavy atom. The van der Waals surface area contributed by atoms with Gasteiger partial charge in [-0.3, -0.25) is 0 Å². The van der Waals surface area contributed by atoms with Crippen LogP contribution in [0.2, 0.25) is 5.02 Å². The van der Waals surface area contributed by atoms with Gasteiger partial charge >= 0.3 is 0 Å². The fourth-order valence-electron chi connectivity index (χ4n) is 3.80. The monoisotopic (exact) mass is 362 g/mol. The summed E-state index contributed by atoms with van der Waals surface area (Å²) in [5, 5.41) is 0.789. The van der Waals surface area contributed by atoms with Crippen molar-refractivity contribution in [2.45, 2.75) is 31.8 Å². The van der Waals surface area contributed by atoms with Gasteiger partial charge in [-0.1, -0.05) is 72.3 Å². The number of benzene rings is 3. The first-order valence-electron chi connectivity index (χ1n) is 9.26. The number of aryl methyl sites for hydroxylation is 1. The molecule has 0 spiro atoms. The van der Waals surface area contributed by atoms with Crippen LogP contribution in [0.4, 0.5) is 0 Å². The SMILES string of the molecule is CC(CCc1ccc(Cl)cc1)OCC1c2ccccc2-c2ccccc21. The third-order valence-corrected chi connectivity index (χ3v) is 5.51. The Bertz CT molecular complexity index is 839. The predicted molar refractivity (Wildman–Crippen MR) is 109 cm³/mol. The standard InChI is InChI=1S/C24H23ClO/c1-17(10-11-18-12-14-19(25)15-13-18)26-16-24-22-8-4-2-6-20(22)21-7-3-5-9-23(21)24/h2-9,12-15,17,24H,10-11,16H2,1H3. The van der Waals surface area contributed by atoms with Gasteiger partial charge in [-0.05, 0) is 59.7 Å². The summed E-state index contributed by atoms with van der Waals surface area (Å²) in [6.07, 6.45) is 2.25. The highest BCUT2D eigenvalue weighted by Crippen LogP contribution is 2.44. The molecule has 0 aromatic heterocycles. The van der Waals surface area contributed by atoms with Crippen LogP contribution in [0.15, 0.2) is 72.8 Å². The first-order valence-corrected chi connectivity index (χ1v) is 9.64. The van der Waals surface area contributed by atoms with E-state index >= 15 is 0 Å². The summed E-state index contributed by atoms with van der Waals surface area (Å²) in [6.45, 7) is 2.90. The minimum atomic E-state index is 0.227. The van der Waals surface area contributed by atoms with Gasteiger partial charge in [-0.15, -0.1) is 0 Å². The van der Waals surface area contributed by atoms with E-state index in [9.17, 15) is 0 Å². The smallest absolute Gasteiger partial charge is 0.0579 e. The molecule has 0 fully saturated rings. The molecule has 0 amide bonds. The zero-order valence-corrected chi connectivity index (χ0v) is 15.7. The second-order valence-electron chi connectivity index (χ2n) is 7.04. The van der Waals surface area contributed by atoms with E-state index in [-0.39, 0.29) is 6.10 Å². The molecule has 0 heterocycles. The Labute approximate surface area is 160 Å². The van der Waals surface area contributed by atoms with E-state index in [0.717, 1.165) is 24.5 Å². The summed E-state index contributed by atoms with van der Waals surface area (Å²) < 4.78 is 6.26. The van der Waals surface area contributed by atoms with E-state index in [1.165, 1.54) is 27.8 Å². The van der Waals surface area contributed by atoms with Crippen LogP contribution in [-0.4, -0.2) is 12.7 Å². The van der Waals surface area contributed by atoms with Crippen molar-refractivity contribution in [2.24, 2.45) is 0 Å². The minimum Gasteiger partial charge on any atom is -0.378 e. The van der Waals surface area contributed by atoms with Gasteiger partial charge in [0, 0.05) is 10.9 Å². The van der Waals surface area contributed by atoms with Crippen molar-refractivity contribution in [1.29, 1.82) is 0 Å². The molecule has 1 unspecified atom stereocenters. The molecule has 1 nitrogen and oxygen atoms in total. The van der Waals surface area contributed by atoms with Crippen molar-refractivity contribution in [3.05, 3.63) is 94.5 Å². The van der Waals surface area contributed by atoms with Gasteiger partial charge in [0.15, 0.2) is 0 Å². The van der Waals surface area contributed by atoms with E-state index in [0.29, 0.717) is 5.92 Å². The van der Waals surface area contributed by atoms with Crippen LogP contribution in [0.3, 0.4) is 0 Å². The van der Waals surface area contributed by atoms with Crippen molar-refractivity contribution >= 4 is 11.6 Å². The molecule has 0 radical (unpaired) electrons. The highest BCUT2D eigenvalue weighted by Gasteiger charge is 2.28. The van der Waals surface area contributed by atoms with E-state index in [1.54, 1.807) is 0 Å². The van der Waals surface area contributed by atoms with Crippen molar-refractivity contribution in [3.8, 4) is 11.1 Å². The van der Waals surface area contributed by atoms with E-state index in [1.807, 2.05) is 12.1 Å². The molecule has 3 aromatic carbocycles. The van der Waals surface area contributed by atoms with Gasteiger partial charge in [-0.25, -0.2) is 0 Å². The second-order valence-corrected chi connectivity index (χ2v) is 7.47. The molecule has 0 saturated heterocycles. The second kappa shape index (κ2) is 7.65. The lowest BCUT2D eigenvalue weighted by Crippen LogP contribution is -2.15. The quantitative estimate of drug-likeness (QED) is 0.487. The van der Waals surface area contributed by atoms with Crippen LogP contribution in [0, 0.1) is 0 Å². The summed E-state index contributed by atoms with van der Waals surface area (Å²) in [6, 6.07) is 25.5. The maximum absolute atomic E-state index is 6.26. The number of fused-ring (bicyclic) bond motifs is 3. The van der Waals surface area contributed by atoms with Crippen LogP contribution in [0.1, 0.15) is 36.0 Å². The third kappa shape index (κ3) is 3.56. The summed E-state index contributed by atoms with van der Waals surface area (Å²) in [4.78, 5) is 0. The van der Waals surface area contributed by atoms with Gasteiger partial charge in [-0.2, -0.15) is 0 Å². The Hall–Kier alpha value is -2.09. The highest BCUT2D eigenvalue weighted by molar-refractivity contribution is 6.30. The lowest BCUT2D eigenvalue weighted by Gasteiger charge is -2.18. The first kappa shape index (κ1) is 17.3. The lowest BCUT2D eigenvalue weighted by atomic mass is 9.98. The predicted octanol–water partition coefficient (Wildman–Crippen LogP) is 6.49. The molecular weight excluding hydrogens is 340 g/mol. The molecule has 2 heteroatoms. The fourth-order valence-corrected chi connectivity index (χ4v) is 3.93. The molecule has 0 aliphatic heterocycles. The zero-order chi connectivity index (χ0) is 17.9. The van der Waals surface area contributed by atoms with Crippen molar-refractivity contribution in [1.82, 2.24) is 0 Å². The molecule has 0 saturated carbocycles. The van der Waals surface area contributed by atoms with Crippen LogP contribution in [-0.2, 0) is 11.2 Å². The van der Waals surface area contributed by atoms with Gasteiger partial charge in [0.1, 0.15) is 0 Å². The summed E-state index contributed by atoms with van der Waals surface area (Å²) in [5.74, 6) is 0.334. The molecule has 26 heavy (non-hydrogen) atoms. The Balaban J connectivity index is 1.40. The number of ether oxygens (including phenoxy) is 1. The van der Waals surface area contributed by atoms with Gasteiger partial charge in [0.2, 0.25) is 0 Å². The van der Waals surface area contributed by atoms with Gasteiger partial charge < -0.3 is 4.74 Å². The number of rotatable bonds is 6. The number of halogens is 1. The van der Waals surface area contributed by atoms with Gasteiger partial charge in [0.25, 0.3) is 0 Å². The number of hydrogen-bond acceptors (Lipinski definition) is 1. The van der Waals surface area contributed by atoms with Gasteiger partial charge in [0.05, 0.1) is 12.7 Å². The minimum absolute atomic E-state index is 0.227. The van der Waals surface area contributed by atoms with E-state index < -0.39 is 0 Å². The number of hydrogen-bond donors (Lipinski definition) is 0. The largest absolute Gasteiger partial charge is 0.378 e. The molecular formula is C24H23ClO. The molecule has 0 bridgehead atoms. The zero-order valence-electron chi connectivity index (χ0n) is 15.0. The Morgan fingerprint density at radius 2 is 1.42 bits per heavy atom. The molecule has 0 N–H and O–H groups in total. The summed E-state index contributed by atoms with van der Waals surface area (Å²) in [7, 11) is 0.